The summed E-state index contributed by atoms with van der Waals surface area (Å²) in [6.45, 7) is 0. The van der Waals surface area contributed by atoms with E-state index in [1.54, 1.807) is 12.3 Å². The van der Waals surface area contributed by atoms with Crippen molar-refractivity contribution in [2.45, 2.75) is 5.33 Å². The summed E-state index contributed by atoms with van der Waals surface area (Å²) in [7, 11) is 0. The van der Waals surface area contributed by atoms with E-state index in [9.17, 15) is 4.79 Å². The number of carboxylic acids is 1. The molecule has 1 rings (SSSR count). The Morgan fingerprint density at radius 2 is 2.50 bits per heavy atom. The predicted molar refractivity (Wildman–Crippen MR) is 40.4 cm³/mol. The zero-order valence-corrected chi connectivity index (χ0v) is 6.68. The number of aromatic nitrogens is 1. The van der Waals surface area contributed by atoms with Crippen LogP contribution in [0, 0.1) is 0 Å². The predicted octanol–water partition coefficient (Wildman–Crippen LogP) is 1.61. The lowest BCUT2D eigenvalue weighted by Crippen LogP contribution is -1.97. The highest BCUT2D eigenvalue weighted by Gasteiger charge is 2.08. The molecule has 1 heterocycles. The molecule has 0 aliphatic heterocycles. The Balaban J connectivity index is 3.01. The Bertz CT molecular complexity index is 244. The third kappa shape index (κ3) is 1.21. The molecule has 0 aliphatic rings. The van der Waals surface area contributed by atoms with E-state index in [-0.39, 0.29) is 0 Å². The molecule has 0 saturated carbocycles. The third-order valence-electron chi connectivity index (χ3n) is 1.20. The Hall–Kier alpha value is -0.770. The van der Waals surface area contributed by atoms with Crippen molar-refractivity contribution in [3.8, 4) is 0 Å². The number of aromatic carboxylic acids is 1. The topological polar surface area (TPSA) is 53.1 Å². The van der Waals surface area contributed by atoms with E-state index in [0.717, 1.165) is 0 Å². The van der Waals surface area contributed by atoms with Crippen molar-refractivity contribution < 1.29 is 9.90 Å². The highest BCUT2D eigenvalue weighted by molar-refractivity contribution is 9.08. The second-order valence-electron chi connectivity index (χ2n) is 1.81. The summed E-state index contributed by atoms with van der Waals surface area (Å²) in [6, 6.07) is 1.54. The van der Waals surface area contributed by atoms with Crippen molar-refractivity contribution in [2.75, 3.05) is 0 Å². The van der Waals surface area contributed by atoms with Gasteiger partial charge in [0.2, 0.25) is 0 Å². The van der Waals surface area contributed by atoms with Crippen LogP contribution in [0.5, 0.6) is 0 Å². The lowest BCUT2D eigenvalue weighted by molar-refractivity contribution is 0.0696. The van der Waals surface area contributed by atoms with Gasteiger partial charge in [-0.05, 0) is 6.07 Å². The zero-order chi connectivity index (χ0) is 7.56. The highest BCUT2D eigenvalue weighted by atomic mass is 79.9. The summed E-state index contributed by atoms with van der Waals surface area (Å²) in [5.41, 5.74) is 1.03. The van der Waals surface area contributed by atoms with Gasteiger partial charge in [0.25, 0.3) is 0 Å². The van der Waals surface area contributed by atoms with E-state index in [0.29, 0.717) is 16.6 Å². The number of alkyl halides is 1. The van der Waals surface area contributed by atoms with Crippen molar-refractivity contribution in [3.05, 3.63) is 23.5 Å². The first-order valence-electron chi connectivity index (χ1n) is 2.71. The van der Waals surface area contributed by atoms with Crippen molar-refractivity contribution in [1.29, 1.82) is 0 Å². The molecule has 0 unspecified atom stereocenters. The van der Waals surface area contributed by atoms with Gasteiger partial charge in [0, 0.05) is 17.2 Å². The summed E-state index contributed by atoms with van der Waals surface area (Å²) >= 11 is 3.16. The van der Waals surface area contributed by atoms with Gasteiger partial charge in [-0.2, -0.15) is 0 Å². The molecule has 3 nitrogen and oxygen atoms in total. The molecule has 54 valence electrons. The van der Waals surface area contributed by atoms with E-state index >= 15 is 0 Å². The van der Waals surface area contributed by atoms with Crippen LogP contribution in [-0.4, -0.2) is 16.1 Å². The van der Waals surface area contributed by atoms with Crippen molar-refractivity contribution in [2.24, 2.45) is 0 Å². The average Bonchev–Trinajstić information content (AvgIpc) is 2.33. The normalized spacial score (nSPS) is 9.70. The molecule has 0 saturated heterocycles. The zero-order valence-electron chi connectivity index (χ0n) is 5.10. The molecule has 0 atom stereocenters. The van der Waals surface area contributed by atoms with Gasteiger partial charge in [0.1, 0.15) is 0 Å². The van der Waals surface area contributed by atoms with E-state index in [2.05, 4.69) is 20.9 Å². The minimum Gasteiger partial charge on any atom is -0.478 e. The fourth-order valence-electron chi connectivity index (χ4n) is 0.715. The second-order valence-corrected chi connectivity index (χ2v) is 2.37. The molecule has 0 aromatic carbocycles. The van der Waals surface area contributed by atoms with Crippen LogP contribution in [0.2, 0.25) is 0 Å². The molecule has 0 fully saturated rings. The number of halogens is 1. The maximum atomic E-state index is 10.4. The van der Waals surface area contributed by atoms with Crippen molar-refractivity contribution in [1.82, 2.24) is 4.98 Å². The molecule has 1 aromatic rings. The lowest BCUT2D eigenvalue weighted by atomic mass is 10.3. The van der Waals surface area contributed by atoms with E-state index in [1.165, 1.54) is 0 Å². The van der Waals surface area contributed by atoms with Gasteiger partial charge in [-0.15, -0.1) is 0 Å². The summed E-state index contributed by atoms with van der Waals surface area (Å²) < 4.78 is 0. The first-order valence-corrected chi connectivity index (χ1v) is 3.83. The molecule has 0 aliphatic carbocycles. The van der Waals surface area contributed by atoms with Crippen molar-refractivity contribution >= 4 is 21.9 Å². The minimum atomic E-state index is -0.893. The molecule has 2 N–H and O–H groups in total. The molecule has 0 spiro atoms. The van der Waals surface area contributed by atoms with Crippen LogP contribution in [0.15, 0.2) is 12.3 Å². The molecule has 0 amide bonds. The lowest BCUT2D eigenvalue weighted by Gasteiger charge is -1.91. The quantitative estimate of drug-likeness (QED) is 0.719. The molecule has 0 radical (unpaired) electrons. The van der Waals surface area contributed by atoms with Crippen LogP contribution in [0.3, 0.4) is 0 Å². The smallest absolute Gasteiger partial charge is 0.337 e. The van der Waals surface area contributed by atoms with Crippen LogP contribution in [0.4, 0.5) is 0 Å². The van der Waals surface area contributed by atoms with Gasteiger partial charge in [-0.3, -0.25) is 0 Å². The molecule has 4 heteroatoms. The van der Waals surface area contributed by atoms with Gasteiger partial charge in [-0.25, -0.2) is 4.79 Å². The number of carboxylic acid groups (broad SMARTS) is 1. The summed E-state index contributed by atoms with van der Waals surface area (Å²) in [5.74, 6) is -0.893. The molecule has 1 aromatic heterocycles. The van der Waals surface area contributed by atoms with E-state index in [1.807, 2.05) is 0 Å². The maximum Gasteiger partial charge on any atom is 0.337 e. The number of hydrogen-bond donors (Lipinski definition) is 2. The standard InChI is InChI=1S/C6H6BrNO2/c7-3-5-4(6(9)10)1-2-8-5/h1-2,8H,3H2,(H,9,10). The highest BCUT2D eigenvalue weighted by Crippen LogP contribution is 2.09. The van der Waals surface area contributed by atoms with Gasteiger partial charge >= 0.3 is 5.97 Å². The Labute approximate surface area is 66.2 Å². The van der Waals surface area contributed by atoms with E-state index < -0.39 is 5.97 Å². The number of aromatic amines is 1. The van der Waals surface area contributed by atoms with Gasteiger partial charge in [0.05, 0.1) is 5.56 Å². The number of H-pyrrole nitrogens is 1. The number of nitrogens with one attached hydrogen (secondary N) is 1. The monoisotopic (exact) mass is 203 g/mol. The van der Waals surface area contributed by atoms with Crippen LogP contribution in [0.25, 0.3) is 0 Å². The number of carbonyl (C=O) groups is 1. The summed E-state index contributed by atoms with van der Waals surface area (Å²) in [6.07, 6.45) is 1.61. The first kappa shape index (κ1) is 7.34. The van der Waals surface area contributed by atoms with Gasteiger partial charge in [0.15, 0.2) is 0 Å². The van der Waals surface area contributed by atoms with Crippen molar-refractivity contribution in [3.63, 3.8) is 0 Å². The minimum absolute atomic E-state index is 0.330. The first-order chi connectivity index (χ1) is 4.75. The fraction of sp³-hybridized carbons (Fsp3) is 0.167. The van der Waals surface area contributed by atoms with E-state index in [4.69, 9.17) is 5.11 Å². The molecular formula is C6H6BrNO2. The Morgan fingerprint density at radius 1 is 1.80 bits per heavy atom. The SMILES string of the molecule is O=C(O)c1cc[nH]c1CBr. The van der Waals surface area contributed by atoms with Gasteiger partial charge in [-0.1, -0.05) is 15.9 Å². The Morgan fingerprint density at radius 3 is 2.90 bits per heavy atom. The largest absolute Gasteiger partial charge is 0.478 e. The van der Waals surface area contributed by atoms with Crippen LogP contribution in [0.1, 0.15) is 16.1 Å². The summed E-state index contributed by atoms with van der Waals surface area (Å²) in [5, 5.41) is 9.09. The van der Waals surface area contributed by atoms with Crippen LogP contribution in [-0.2, 0) is 5.33 Å². The van der Waals surface area contributed by atoms with Crippen LogP contribution >= 0.6 is 15.9 Å². The van der Waals surface area contributed by atoms with Gasteiger partial charge < -0.3 is 10.1 Å². The molecule has 0 bridgehead atoms. The fourth-order valence-corrected chi connectivity index (χ4v) is 1.18. The van der Waals surface area contributed by atoms with Crippen LogP contribution < -0.4 is 0 Å². The number of hydrogen-bond acceptors (Lipinski definition) is 1. The maximum absolute atomic E-state index is 10.4. The second kappa shape index (κ2) is 2.88. The third-order valence-corrected chi connectivity index (χ3v) is 1.76. The Kier molecular flexibility index (Phi) is 2.11. The number of rotatable bonds is 2. The molecular weight excluding hydrogens is 198 g/mol. The average molecular weight is 204 g/mol. The summed E-state index contributed by atoms with van der Waals surface area (Å²) in [4.78, 5) is 13.2. The molecule has 10 heavy (non-hydrogen) atoms.